The van der Waals surface area contributed by atoms with Gasteiger partial charge in [0.2, 0.25) is 0 Å². The quantitative estimate of drug-likeness (QED) is 0.0797. The van der Waals surface area contributed by atoms with E-state index in [1.54, 1.807) is 0 Å². The van der Waals surface area contributed by atoms with Gasteiger partial charge in [-0.05, 0) is 105 Å². The van der Waals surface area contributed by atoms with Crippen LogP contribution in [0, 0.1) is 25.2 Å². The summed E-state index contributed by atoms with van der Waals surface area (Å²) in [6.07, 6.45) is 19.4. The van der Waals surface area contributed by atoms with E-state index >= 15 is 0 Å². The first-order valence-electron chi connectivity index (χ1n) is 20.5. The van der Waals surface area contributed by atoms with Crippen molar-refractivity contribution in [3.8, 4) is 23.5 Å². The van der Waals surface area contributed by atoms with Crippen molar-refractivity contribution in [3.05, 3.63) is 114 Å². The van der Waals surface area contributed by atoms with Crippen LogP contribution in [0.5, 0.6) is 0 Å². The molecule has 0 saturated carbocycles. The SMILES string of the molecule is C#Cc1ccc(-c2ccc(C)c(/C(C=O)=C\CC)c2)cc1.C=C.CC.CC.CCCCC(C)CC.CCCCN.CCCNC.CCc1ccccc1. The topological polar surface area (TPSA) is 55.1 Å². The molecular formula is C50H84N2O. The van der Waals surface area contributed by atoms with E-state index in [1.807, 2.05) is 91.1 Å². The molecule has 1 atom stereocenters. The van der Waals surface area contributed by atoms with Crippen molar-refractivity contribution in [1.29, 1.82) is 0 Å². The van der Waals surface area contributed by atoms with Gasteiger partial charge in [0.1, 0.15) is 6.29 Å². The van der Waals surface area contributed by atoms with Crippen molar-refractivity contribution in [1.82, 2.24) is 5.32 Å². The van der Waals surface area contributed by atoms with Gasteiger partial charge in [0.05, 0.1) is 0 Å². The van der Waals surface area contributed by atoms with Gasteiger partial charge in [-0.2, -0.15) is 0 Å². The van der Waals surface area contributed by atoms with Crippen LogP contribution in [-0.2, 0) is 11.2 Å². The molecule has 0 bridgehead atoms. The predicted octanol–water partition coefficient (Wildman–Crippen LogP) is 14.3. The molecule has 3 aromatic carbocycles. The van der Waals surface area contributed by atoms with Crippen LogP contribution in [0.3, 0.4) is 0 Å². The normalized spacial score (nSPS) is 9.72. The average Bonchev–Trinajstić information content (AvgIpc) is 3.23. The molecule has 0 amide bonds. The standard InChI is InChI=1S/C20H18O.C8H10.C8H18.2C4H11N.2C2H6.C2H4/c1-4-6-19(14-21)20-13-18(10-7-15(20)3)17-11-8-16(5-2)9-12-17;1-2-8-6-4-3-5-7-8;1-4-6-7-8(3)5-2;1-3-4-5-2;1-2-3-4-5;3*1-2/h2,6-14H,4H2,1,3H3;3-7H,2H2,1H3;8H,4-7H2,1-3H3;5H,3-4H2,1-2H3;2-5H2,1H3;2*1-2H3;1-2H2/b19-6-;;;;;;;. The van der Waals surface area contributed by atoms with Crippen molar-refractivity contribution < 1.29 is 4.79 Å². The molecule has 53 heavy (non-hydrogen) atoms. The minimum absolute atomic E-state index is 0.747. The van der Waals surface area contributed by atoms with Crippen molar-refractivity contribution in [2.75, 3.05) is 20.1 Å². The summed E-state index contributed by atoms with van der Waals surface area (Å²) < 4.78 is 0. The molecule has 1 unspecified atom stereocenters. The molecule has 0 aliphatic rings. The second kappa shape index (κ2) is 48.3. The predicted molar refractivity (Wildman–Crippen MR) is 246 cm³/mol. The lowest BCUT2D eigenvalue weighted by atomic mass is 9.95. The summed E-state index contributed by atoms with van der Waals surface area (Å²) in [6, 6.07) is 24.5. The number of benzene rings is 3. The number of aldehydes is 1. The Kier molecular flexibility index (Phi) is 53.4. The van der Waals surface area contributed by atoms with Crippen molar-refractivity contribution in [3.63, 3.8) is 0 Å². The largest absolute Gasteiger partial charge is 0.330 e. The van der Waals surface area contributed by atoms with Gasteiger partial charge in [-0.25, -0.2) is 0 Å². The molecule has 0 aromatic heterocycles. The van der Waals surface area contributed by atoms with Gasteiger partial charge in [0.25, 0.3) is 0 Å². The summed E-state index contributed by atoms with van der Waals surface area (Å²) in [5.41, 5.74) is 12.4. The van der Waals surface area contributed by atoms with Crippen LogP contribution in [0.25, 0.3) is 16.7 Å². The Morgan fingerprint density at radius 1 is 0.830 bits per heavy atom. The minimum atomic E-state index is 0.747. The van der Waals surface area contributed by atoms with Crippen LogP contribution in [0.1, 0.15) is 150 Å². The van der Waals surface area contributed by atoms with Crippen LogP contribution >= 0.6 is 0 Å². The Morgan fingerprint density at radius 2 is 1.38 bits per heavy atom. The summed E-state index contributed by atoms with van der Waals surface area (Å²) in [6.45, 7) is 33.3. The maximum Gasteiger partial charge on any atom is 0.150 e. The maximum atomic E-state index is 11.3. The van der Waals surface area contributed by atoms with E-state index in [4.69, 9.17) is 12.2 Å². The lowest BCUT2D eigenvalue weighted by Gasteiger charge is -2.09. The third-order valence-corrected chi connectivity index (χ3v) is 7.54. The third kappa shape index (κ3) is 35.1. The Hall–Kier alpha value is -3.71. The molecule has 3 heteroatoms. The van der Waals surface area contributed by atoms with Crippen LogP contribution < -0.4 is 11.1 Å². The number of carbonyl (C=O) groups excluding carboxylic acids is 1. The van der Waals surface area contributed by atoms with E-state index in [0.717, 1.165) is 71.5 Å². The molecule has 300 valence electrons. The lowest BCUT2D eigenvalue weighted by molar-refractivity contribution is -0.103. The Morgan fingerprint density at radius 3 is 1.72 bits per heavy atom. The third-order valence-electron chi connectivity index (χ3n) is 7.54. The molecule has 0 radical (unpaired) electrons. The highest BCUT2D eigenvalue weighted by molar-refractivity contribution is 6.07. The summed E-state index contributed by atoms with van der Waals surface area (Å²) in [4.78, 5) is 11.3. The number of allylic oxidation sites excluding steroid dienone is 2. The molecule has 0 aliphatic heterocycles. The highest BCUT2D eigenvalue weighted by atomic mass is 16.1. The van der Waals surface area contributed by atoms with Crippen LogP contribution in [0.2, 0.25) is 0 Å². The number of terminal acetylenes is 1. The number of nitrogens with two attached hydrogens (primary N) is 1. The number of unbranched alkanes of at least 4 members (excludes halogenated alkanes) is 2. The second-order valence-electron chi connectivity index (χ2n) is 11.7. The number of rotatable bonds is 13. The Labute approximate surface area is 331 Å². The first-order valence-corrected chi connectivity index (χ1v) is 20.5. The first kappa shape index (κ1) is 58.6. The van der Waals surface area contributed by atoms with Gasteiger partial charge in [-0.1, -0.05) is 175 Å². The zero-order valence-electron chi connectivity index (χ0n) is 36.9. The van der Waals surface area contributed by atoms with Crippen molar-refractivity contribution in [2.24, 2.45) is 11.7 Å². The van der Waals surface area contributed by atoms with E-state index in [0.29, 0.717) is 0 Å². The van der Waals surface area contributed by atoms with E-state index in [1.165, 1.54) is 50.5 Å². The first-order chi connectivity index (χ1) is 25.8. The molecule has 0 spiro atoms. The number of aryl methyl sites for hydroxylation is 2. The number of nitrogens with one attached hydrogen (secondary N) is 1. The maximum absolute atomic E-state index is 11.3. The molecule has 0 heterocycles. The Bertz CT molecular complexity index is 1210. The van der Waals surface area contributed by atoms with Gasteiger partial charge < -0.3 is 11.1 Å². The molecule has 3 aromatic rings. The Balaban J connectivity index is -0.000000199. The highest BCUT2D eigenvalue weighted by Gasteiger charge is 2.07. The van der Waals surface area contributed by atoms with Gasteiger partial charge in [0, 0.05) is 11.1 Å². The number of hydrogen-bond donors (Lipinski definition) is 2. The number of hydrogen-bond acceptors (Lipinski definition) is 3. The zero-order valence-corrected chi connectivity index (χ0v) is 36.9. The van der Waals surface area contributed by atoms with E-state index in [9.17, 15) is 4.79 Å². The van der Waals surface area contributed by atoms with Gasteiger partial charge >= 0.3 is 0 Å². The smallest absolute Gasteiger partial charge is 0.150 e. The van der Waals surface area contributed by atoms with Crippen LogP contribution in [-0.4, -0.2) is 26.4 Å². The molecular weight excluding hydrogens is 645 g/mol. The monoisotopic (exact) mass is 729 g/mol. The molecule has 3 rings (SSSR count). The second-order valence-corrected chi connectivity index (χ2v) is 11.7. The minimum Gasteiger partial charge on any atom is -0.330 e. The van der Waals surface area contributed by atoms with Crippen LogP contribution in [0.15, 0.2) is 92.0 Å². The van der Waals surface area contributed by atoms with E-state index in [-0.39, 0.29) is 0 Å². The molecule has 3 nitrogen and oxygen atoms in total. The fourth-order valence-electron chi connectivity index (χ4n) is 4.24. The molecule has 0 aliphatic carbocycles. The van der Waals surface area contributed by atoms with Crippen molar-refractivity contribution in [2.45, 2.75) is 141 Å². The zero-order chi connectivity index (χ0) is 41.7. The van der Waals surface area contributed by atoms with Crippen LogP contribution in [0.4, 0.5) is 0 Å². The summed E-state index contributed by atoms with van der Waals surface area (Å²) in [5, 5.41) is 3.02. The lowest BCUT2D eigenvalue weighted by Crippen LogP contribution is -2.04. The summed E-state index contributed by atoms with van der Waals surface area (Å²) in [7, 11) is 1.96. The summed E-state index contributed by atoms with van der Waals surface area (Å²) >= 11 is 0. The number of carbonyl (C=O) groups is 1. The molecule has 0 saturated heterocycles. The fraction of sp³-hybridized carbons (Fsp3) is 0.500. The van der Waals surface area contributed by atoms with E-state index < -0.39 is 0 Å². The highest BCUT2D eigenvalue weighted by Crippen LogP contribution is 2.26. The van der Waals surface area contributed by atoms with Gasteiger partial charge in [-0.3, -0.25) is 4.79 Å². The fourth-order valence-corrected chi connectivity index (χ4v) is 4.24. The average molecular weight is 729 g/mol. The molecule has 3 N–H and O–H groups in total. The summed E-state index contributed by atoms with van der Waals surface area (Å²) in [5.74, 6) is 3.57. The molecule has 0 fully saturated rings. The van der Waals surface area contributed by atoms with Crippen molar-refractivity contribution >= 4 is 11.9 Å². The van der Waals surface area contributed by atoms with Gasteiger partial charge in [-0.15, -0.1) is 19.6 Å². The van der Waals surface area contributed by atoms with E-state index in [2.05, 4.69) is 102 Å². The van der Waals surface area contributed by atoms with Gasteiger partial charge in [0.15, 0.2) is 0 Å².